The van der Waals surface area contributed by atoms with E-state index < -0.39 is 75.7 Å². The van der Waals surface area contributed by atoms with Gasteiger partial charge in [0.05, 0.1) is 23.3 Å². The molecule has 2 amide bonds. The number of aliphatic hydroxyl groups is 3. The molecular formula is C27H35N5O8. The van der Waals surface area contributed by atoms with E-state index in [4.69, 9.17) is 5.73 Å². The molecule has 0 aliphatic heterocycles. The standard InChI is InChI=1S/C27H35N5O8/c1-10(29-2)26(39)30-14-9-15(31(3)4)12-7-11-8-13-19(32(5)6)22(35)18(25(28)38)24(37)27(13,40)23(36)16(11)21(34)17(12)20(14)33/h9-11,13,19,29,33-34,37,40H,7-8H2,1-6H3,(H2,28,38)(H,30,39)/t10?,11?,13?,19-,27-/m0/s1. The summed E-state index contributed by atoms with van der Waals surface area (Å²) in [4.78, 5) is 55.1. The van der Waals surface area contributed by atoms with Crippen LogP contribution in [0.2, 0.25) is 0 Å². The summed E-state index contributed by atoms with van der Waals surface area (Å²) < 4.78 is 0. The lowest BCUT2D eigenvalue weighted by Gasteiger charge is -2.50. The lowest BCUT2D eigenvalue weighted by molar-refractivity contribution is -0.153. The number of carbonyl (C=O) groups is 4. The number of phenols is 1. The van der Waals surface area contributed by atoms with Crippen molar-refractivity contribution in [2.24, 2.45) is 17.6 Å². The van der Waals surface area contributed by atoms with E-state index in [2.05, 4.69) is 10.6 Å². The maximum Gasteiger partial charge on any atom is 0.255 e. The van der Waals surface area contributed by atoms with Crippen molar-refractivity contribution in [1.82, 2.24) is 10.2 Å². The van der Waals surface area contributed by atoms with Crippen LogP contribution in [0.1, 0.15) is 24.5 Å². The summed E-state index contributed by atoms with van der Waals surface area (Å²) in [6.45, 7) is 1.62. The molecule has 4 rings (SSSR count). The van der Waals surface area contributed by atoms with Gasteiger partial charge in [-0.05, 0) is 58.5 Å². The highest BCUT2D eigenvalue weighted by Gasteiger charge is 2.64. The van der Waals surface area contributed by atoms with Crippen LogP contribution in [0.5, 0.6) is 5.75 Å². The number of hydrogen-bond donors (Lipinski definition) is 7. The van der Waals surface area contributed by atoms with Crippen molar-refractivity contribution in [3.05, 3.63) is 34.1 Å². The van der Waals surface area contributed by atoms with Crippen molar-refractivity contribution >= 4 is 40.5 Å². The number of ketones is 2. The first-order valence-electron chi connectivity index (χ1n) is 12.8. The lowest BCUT2D eigenvalue weighted by Crippen LogP contribution is -2.65. The van der Waals surface area contributed by atoms with E-state index >= 15 is 0 Å². The van der Waals surface area contributed by atoms with Crippen LogP contribution in [0.3, 0.4) is 0 Å². The van der Waals surface area contributed by atoms with Crippen LogP contribution in [0.4, 0.5) is 11.4 Å². The molecule has 1 aromatic carbocycles. The van der Waals surface area contributed by atoms with Gasteiger partial charge in [0.25, 0.3) is 5.91 Å². The number of anilines is 2. The van der Waals surface area contributed by atoms with Crippen LogP contribution in [0.25, 0.3) is 5.76 Å². The molecule has 0 heterocycles. The highest BCUT2D eigenvalue weighted by molar-refractivity contribution is 6.24. The molecule has 13 heteroatoms. The SMILES string of the molecule is CNC(C)C(=O)Nc1cc(N(C)C)c2c(c1O)C(O)=C1C(=O)[C@]3(O)C(O)=C(C(N)=O)C(=O)[C@@H](N(C)C)C3CC1C2. The van der Waals surface area contributed by atoms with E-state index in [0.717, 1.165) is 0 Å². The minimum Gasteiger partial charge on any atom is -0.508 e. The zero-order valence-corrected chi connectivity index (χ0v) is 23.2. The first-order valence-corrected chi connectivity index (χ1v) is 12.8. The number of nitrogens with one attached hydrogen (secondary N) is 2. The lowest BCUT2D eigenvalue weighted by atomic mass is 9.57. The summed E-state index contributed by atoms with van der Waals surface area (Å²) in [6, 6.07) is -0.201. The zero-order chi connectivity index (χ0) is 30.0. The molecule has 0 saturated heterocycles. The largest absolute Gasteiger partial charge is 0.508 e. The molecule has 0 radical (unpaired) electrons. The Morgan fingerprint density at radius 3 is 2.30 bits per heavy atom. The molecule has 216 valence electrons. The van der Waals surface area contributed by atoms with Gasteiger partial charge >= 0.3 is 0 Å². The highest BCUT2D eigenvalue weighted by atomic mass is 16.3. The van der Waals surface area contributed by atoms with Gasteiger partial charge < -0.3 is 41.7 Å². The van der Waals surface area contributed by atoms with Crippen molar-refractivity contribution in [1.29, 1.82) is 0 Å². The number of benzene rings is 1. The second-order valence-corrected chi connectivity index (χ2v) is 11.0. The zero-order valence-electron chi connectivity index (χ0n) is 23.2. The first-order chi connectivity index (χ1) is 18.6. The van der Waals surface area contributed by atoms with Crippen molar-refractivity contribution in [3.63, 3.8) is 0 Å². The Kier molecular flexibility index (Phi) is 7.20. The van der Waals surface area contributed by atoms with E-state index in [0.29, 0.717) is 11.3 Å². The maximum absolute atomic E-state index is 14.0. The summed E-state index contributed by atoms with van der Waals surface area (Å²) in [7, 11) is 8.16. The fourth-order valence-corrected chi connectivity index (χ4v) is 6.16. The molecular weight excluding hydrogens is 522 g/mol. The smallest absolute Gasteiger partial charge is 0.255 e. The van der Waals surface area contributed by atoms with Gasteiger partial charge in [0, 0.05) is 31.3 Å². The summed E-state index contributed by atoms with van der Waals surface area (Å²) >= 11 is 0. The van der Waals surface area contributed by atoms with Gasteiger partial charge in [0.2, 0.25) is 11.7 Å². The van der Waals surface area contributed by atoms with Gasteiger partial charge in [-0.25, -0.2) is 0 Å². The predicted octanol–water partition coefficient (Wildman–Crippen LogP) is -0.424. The molecule has 8 N–H and O–H groups in total. The Bertz CT molecular complexity index is 1400. The number of hydrogen-bond acceptors (Lipinski definition) is 11. The molecule has 0 bridgehead atoms. The number of primary amides is 1. The molecule has 13 nitrogen and oxygen atoms in total. The number of phenolic OH excluding ortho intramolecular Hbond substituents is 1. The third-order valence-electron chi connectivity index (χ3n) is 8.26. The minimum absolute atomic E-state index is 0.00492. The van der Waals surface area contributed by atoms with Gasteiger partial charge in [0.1, 0.15) is 22.8 Å². The van der Waals surface area contributed by atoms with Crippen LogP contribution in [-0.2, 0) is 25.6 Å². The van der Waals surface area contributed by atoms with Crippen molar-refractivity contribution in [2.75, 3.05) is 45.5 Å². The number of nitrogens with zero attached hydrogens (tertiary/aromatic N) is 2. The van der Waals surface area contributed by atoms with Crippen LogP contribution in [0.15, 0.2) is 23.0 Å². The van der Waals surface area contributed by atoms with Gasteiger partial charge in [-0.3, -0.25) is 24.1 Å². The first kappa shape index (κ1) is 29.1. The third-order valence-corrected chi connectivity index (χ3v) is 8.26. The Morgan fingerprint density at radius 1 is 1.15 bits per heavy atom. The van der Waals surface area contributed by atoms with Crippen molar-refractivity contribution in [3.8, 4) is 5.75 Å². The normalized spacial score (nSPS) is 26.8. The average Bonchev–Trinajstić information content (AvgIpc) is 2.86. The fraction of sp³-hybridized carbons (Fsp3) is 0.481. The minimum atomic E-state index is -2.72. The molecule has 1 fully saturated rings. The molecule has 5 atom stereocenters. The molecule has 0 aromatic heterocycles. The van der Waals surface area contributed by atoms with Gasteiger partial charge in [-0.1, -0.05) is 0 Å². The summed E-state index contributed by atoms with van der Waals surface area (Å²) in [5.74, 6) is -7.79. The number of rotatable bonds is 6. The molecule has 3 aliphatic rings. The second kappa shape index (κ2) is 9.91. The monoisotopic (exact) mass is 557 g/mol. The number of likely N-dealkylation sites (N-methyl/N-ethyl adjacent to an activating group) is 2. The Balaban J connectivity index is 1.96. The predicted molar refractivity (Wildman–Crippen MR) is 146 cm³/mol. The van der Waals surface area contributed by atoms with E-state index in [1.807, 2.05) is 0 Å². The summed E-state index contributed by atoms with van der Waals surface area (Å²) in [5, 5.41) is 50.8. The van der Waals surface area contributed by atoms with Crippen LogP contribution >= 0.6 is 0 Å². The molecule has 0 spiro atoms. The number of Topliss-reactive ketones (excluding diaryl/α,β-unsaturated/α-hetero) is 2. The van der Waals surface area contributed by atoms with Crippen molar-refractivity contribution < 1.29 is 39.6 Å². The Labute approximate surface area is 230 Å². The second-order valence-electron chi connectivity index (χ2n) is 11.0. The van der Waals surface area contributed by atoms with E-state index in [1.165, 1.54) is 4.90 Å². The van der Waals surface area contributed by atoms with Crippen LogP contribution in [-0.4, -0.2) is 102 Å². The Morgan fingerprint density at radius 2 is 1.77 bits per heavy atom. The maximum atomic E-state index is 14.0. The molecule has 1 saturated carbocycles. The average molecular weight is 558 g/mol. The number of aliphatic hydroxyl groups excluding tert-OH is 2. The summed E-state index contributed by atoms with van der Waals surface area (Å²) in [5.41, 5.74) is 2.44. The van der Waals surface area contributed by atoms with Crippen LogP contribution in [0, 0.1) is 11.8 Å². The van der Waals surface area contributed by atoms with Gasteiger partial charge in [-0.15, -0.1) is 0 Å². The van der Waals surface area contributed by atoms with E-state index in [9.17, 15) is 39.6 Å². The molecule has 1 aromatic rings. The van der Waals surface area contributed by atoms with Gasteiger partial charge in [0.15, 0.2) is 11.4 Å². The van der Waals surface area contributed by atoms with Crippen LogP contribution < -0.4 is 21.3 Å². The number of carbonyl (C=O) groups excluding carboxylic acids is 4. The highest BCUT2D eigenvalue weighted by Crippen LogP contribution is 2.54. The molecule has 40 heavy (non-hydrogen) atoms. The third kappa shape index (κ3) is 4.03. The summed E-state index contributed by atoms with van der Waals surface area (Å²) in [6.07, 6.45) is 0.119. The van der Waals surface area contributed by atoms with Crippen molar-refractivity contribution in [2.45, 2.75) is 37.5 Å². The number of nitrogens with two attached hydrogens (primary N) is 1. The number of aromatic hydroxyl groups is 1. The molecule has 3 unspecified atom stereocenters. The quantitative estimate of drug-likeness (QED) is 0.177. The topological polar surface area (TPSA) is 206 Å². The number of fused-ring (bicyclic) bond motifs is 3. The Hall–Kier alpha value is -3.94. The fourth-order valence-electron chi connectivity index (χ4n) is 6.16. The van der Waals surface area contributed by atoms with E-state index in [-0.39, 0.29) is 29.7 Å². The van der Waals surface area contributed by atoms with E-state index in [1.54, 1.807) is 53.1 Å². The number of amides is 2. The molecule has 3 aliphatic carbocycles. The van der Waals surface area contributed by atoms with Gasteiger partial charge in [-0.2, -0.15) is 0 Å².